The van der Waals surface area contributed by atoms with Gasteiger partial charge in [-0.2, -0.15) is 8.78 Å². The number of halogens is 3. The van der Waals surface area contributed by atoms with Crippen molar-refractivity contribution in [3.8, 4) is 0 Å². The minimum absolute atomic E-state index is 0.189. The Morgan fingerprint density at radius 3 is 2.58 bits per heavy atom. The Balaban J connectivity index is 3.11. The largest absolute Gasteiger partial charge is 0.327 e. The third-order valence-electron chi connectivity index (χ3n) is 1.36. The van der Waals surface area contributed by atoms with E-state index in [0.29, 0.717) is 0 Å². The molecule has 0 aromatic heterocycles. The maximum absolute atomic E-state index is 12.6. The number of rotatable bonds is 2. The molecule has 0 bridgehead atoms. The van der Waals surface area contributed by atoms with Crippen molar-refractivity contribution in [2.75, 3.05) is 0 Å². The SMILES string of the molecule is O=CC(F)(F)c1cccc(Cl)c1. The summed E-state index contributed by atoms with van der Waals surface area (Å²) in [6.45, 7) is 0. The Labute approximate surface area is 73.0 Å². The van der Waals surface area contributed by atoms with Gasteiger partial charge in [0, 0.05) is 10.6 Å². The predicted octanol–water partition coefficient (Wildman–Crippen LogP) is 2.63. The summed E-state index contributed by atoms with van der Waals surface area (Å²) in [7, 11) is 0. The second-order valence-corrected chi connectivity index (χ2v) is 2.69. The molecule has 0 aliphatic rings. The molecule has 0 saturated heterocycles. The van der Waals surface area contributed by atoms with Crippen molar-refractivity contribution in [1.29, 1.82) is 0 Å². The average Bonchev–Trinajstić information content (AvgIpc) is 2.05. The lowest BCUT2D eigenvalue weighted by Gasteiger charge is -2.08. The van der Waals surface area contributed by atoms with Crippen LogP contribution >= 0.6 is 11.6 Å². The molecule has 0 aliphatic heterocycles. The van der Waals surface area contributed by atoms with Crippen LogP contribution in [-0.4, -0.2) is 6.29 Å². The summed E-state index contributed by atoms with van der Waals surface area (Å²) < 4.78 is 25.3. The Morgan fingerprint density at radius 1 is 1.42 bits per heavy atom. The molecule has 12 heavy (non-hydrogen) atoms. The van der Waals surface area contributed by atoms with Gasteiger partial charge in [0.1, 0.15) is 0 Å². The van der Waals surface area contributed by atoms with Crippen LogP contribution < -0.4 is 0 Å². The topological polar surface area (TPSA) is 17.1 Å². The minimum Gasteiger partial charge on any atom is -0.296 e. The minimum atomic E-state index is -3.44. The average molecular weight is 191 g/mol. The highest BCUT2D eigenvalue weighted by atomic mass is 35.5. The molecule has 0 fully saturated rings. The summed E-state index contributed by atoms with van der Waals surface area (Å²) in [4.78, 5) is 9.95. The Hall–Kier alpha value is -0.960. The van der Waals surface area contributed by atoms with E-state index >= 15 is 0 Å². The zero-order chi connectivity index (χ0) is 9.19. The van der Waals surface area contributed by atoms with E-state index in [1.165, 1.54) is 12.1 Å². The summed E-state index contributed by atoms with van der Waals surface area (Å²) >= 11 is 5.46. The Kier molecular flexibility index (Phi) is 2.43. The normalized spacial score (nSPS) is 11.2. The first-order valence-electron chi connectivity index (χ1n) is 3.16. The van der Waals surface area contributed by atoms with E-state index in [0.717, 1.165) is 12.1 Å². The number of alkyl halides is 2. The molecule has 0 radical (unpaired) electrons. The molecule has 4 heteroatoms. The molecule has 1 aromatic rings. The second kappa shape index (κ2) is 3.19. The van der Waals surface area contributed by atoms with Gasteiger partial charge in [-0.05, 0) is 12.1 Å². The molecule has 1 aromatic carbocycles. The van der Waals surface area contributed by atoms with Gasteiger partial charge >= 0.3 is 5.92 Å². The highest BCUT2D eigenvalue weighted by molar-refractivity contribution is 6.30. The summed E-state index contributed by atoms with van der Waals surface area (Å²) in [5.74, 6) is -3.44. The van der Waals surface area contributed by atoms with Crippen LogP contribution in [0.1, 0.15) is 5.56 Å². The van der Waals surface area contributed by atoms with Gasteiger partial charge in [0.05, 0.1) is 0 Å². The quantitative estimate of drug-likeness (QED) is 0.656. The van der Waals surface area contributed by atoms with Crippen LogP contribution in [0.15, 0.2) is 24.3 Å². The lowest BCUT2D eigenvalue weighted by molar-refractivity contribution is -0.130. The van der Waals surface area contributed by atoms with E-state index in [1.807, 2.05) is 0 Å². The van der Waals surface area contributed by atoms with Gasteiger partial charge in [-0.25, -0.2) is 0 Å². The number of aldehydes is 1. The van der Waals surface area contributed by atoms with Crippen LogP contribution in [0, 0.1) is 0 Å². The molecule has 0 amide bonds. The van der Waals surface area contributed by atoms with E-state index in [2.05, 4.69) is 0 Å². The van der Waals surface area contributed by atoms with Crippen molar-refractivity contribution in [2.45, 2.75) is 5.92 Å². The van der Waals surface area contributed by atoms with Gasteiger partial charge in [0.15, 0.2) is 6.29 Å². The van der Waals surface area contributed by atoms with Crippen LogP contribution in [0.2, 0.25) is 5.02 Å². The zero-order valence-corrected chi connectivity index (χ0v) is 6.68. The van der Waals surface area contributed by atoms with Crippen LogP contribution in [-0.2, 0) is 10.7 Å². The van der Waals surface area contributed by atoms with Gasteiger partial charge in [0.25, 0.3) is 0 Å². The summed E-state index contributed by atoms with van der Waals surface area (Å²) in [6, 6.07) is 5.05. The fourth-order valence-electron chi connectivity index (χ4n) is 0.764. The maximum atomic E-state index is 12.6. The number of carbonyl (C=O) groups is 1. The standard InChI is InChI=1S/C8H5ClF2O/c9-7-3-1-2-6(4-7)8(10,11)5-12/h1-5H. The molecular formula is C8H5ClF2O. The van der Waals surface area contributed by atoms with Crippen molar-refractivity contribution < 1.29 is 13.6 Å². The third kappa shape index (κ3) is 1.80. The highest BCUT2D eigenvalue weighted by Crippen LogP contribution is 2.26. The van der Waals surface area contributed by atoms with Crippen LogP contribution in [0.3, 0.4) is 0 Å². The third-order valence-corrected chi connectivity index (χ3v) is 1.59. The van der Waals surface area contributed by atoms with Crippen molar-refractivity contribution in [2.24, 2.45) is 0 Å². The summed E-state index contributed by atoms with van der Waals surface area (Å²) in [5, 5.41) is 0.189. The van der Waals surface area contributed by atoms with Crippen LogP contribution in [0.5, 0.6) is 0 Å². The van der Waals surface area contributed by atoms with E-state index in [4.69, 9.17) is 11.6 Å². The number of hydrogen-bond donors (Lipinski definition) is 0. The van der Waals surface area contributed by atoms with Gasteiger partial charge in [-0.3, -0.25) is 4.79 Å². The zero-order valence-electron chi connectivity index (χ0n) is 5.93. The second-order valence-electron chi connectivity index (χ2n) is 2.25. The Bertz CT molecular complexity index is 299. The lowest BCUT2D eigenvalue weighted by atomic mass is 10.1. The van der Waals surface area contributed by atoms with Crippen LogP contribution in [0.4, 0.5) is 8.78 Å². The van der Waals surface area contributed by atoms with Gasteiger partial charge in [-0.15, -0.1) is 0 Å². The number of carbonyl (C=O) groups excluding carboxylic acids is 1. The lowest BCUT2D eigenvalue weighted by Crippen LogP contribution is -2.14. The molecule has 0 aliphatic carbocycles. The molecule has 1 nitrogen and oxygen atoms in total. The first-order chi connectivity index (χ1) is 5.56. The number of benzene rings is 1. The molecular weight excluding hydrogens is 186 g/mol. The molecule has 0 spiro atoms. The van der Waals surface area contributed by atoms with E-state index < -0.39 is 12.2 Å². The molecule has 0 saturated carbocycles. The molecule has 1 rings (SSSR count). The van der Waals surface area contributed by atoms with Gasteiger partial charge < -0.3 is 0 Å². The fraction of sp³-hybridized carbons (Fsp3) is 0.125. The fourth-order valence-corrected chi connectivity index (χ4v) is 0.954. The first-order valence-corrected chi connectivity index (χ1v) is 3.54. The summed E-state index contributed by atoms with van der Waals surface area (Å²) in [6.07, 6.45) is -0.404. The molecule has 0 atom stereocenters. The van der Waals surface area contributed by atoms with E-state index in [9.17, 15) is 13.6 Å². The van der Waals surface area contributed by atoms with E-state index in [1.54, 1.807) is 0 Å². The van der Waals surface area contributed by atoms with E-state index in [-0.39, 0.29) is 10.6 Å². The monoisotopic (exact) mass is 190 g/mol. The Morgan fingerprint density at radius 2 is 2.08 bits per heavy atom. The maximum Gasteiger partial charge on any atom is 0.327 e. The molecule has 0 unspecified atom stereocenters. The van der Waals surface area contributed by atoms with Gasteiger partial charge in [0.2, 0.25) is 0 Å². The van der Waals surface area contributed by atoms with Gasteiger partial charge in [-0.1, -0.05) is 23.7 Å². The predicted molar refractivity (Wildman–Crippen MR) is 41.4 cm³/mol. The van der Waals surface area contributed by atoms with Crippen LogP contribution in [0.25, 0.3) is 0 Å². The highest BCUT2D eigenvalue weighted by Gasteiger charge is 2.30. The van der Waals surface area contributed by atoms with Crippen molar-refractivity contribution in [3.05, 3.63) is 34.9 Å². The molecule has 64 valence electrons. The first kappa shape index (κ1) is 9.13. The summed E-state index contributed by atoms with van der Waals surface area (Å²) in [5.41, 5.74) is -0.384. The number of hydrogen-bond acceptors (Lipinski definition) is 1. The van der Waals surface area contributed by atoms with Crippen molar-refractivity contribution >= 4 is 17.9 Å². The smallest absolute Gasteiger partial charge is 0.296 e. The van der Waals surface area contributed by atoms with Crippen molar-refractivity contribution in [1.82, 2.24) is 0 Å². The molecule has 0 N–H and O–H groups in total. The van der Waals surface area contributed by atoms with Crippen molar-refractivity contribution in [3.63, 3.8) is 0 Å². The molecule has 0 heterocycles.